The van der Waals surface area contributed by atoms with E-state index in [9.17, 15) is 13.2 Å². The molecule has 0 bridgehead atoms. The molecule has 0 atom stereocenters. The fraction of sp³-hybridized carbons (Fsp3) is 0.200. The van der Waals surface area contributed by atoms with Crippen LogP contribution in [0.2, 0.25) is 0 Å². The summed E-state index contributed by atoms with van der Waals surface area (Å²) in [6.07, 6.45) is -4.26. The Labute approximate surface area is 128 Å². The van der Waals surface area contributed by atoms with Crippen molar-refractivity contribution >= 4 is 15.9 Å². The maximum atomic E-state index is 13.1. The van der Waals surface area contributed by atoms with Crippen molar-refractivity contribution in [2.24, 2.45) is 5.73 Å². The van der Waals surface area contributed by atoms with Gasteiger partial charge in [0.25, 0.3) is 0 Å². The Morgan fingerprint density at radius 2 is 1.76 bits per heavy atom. The lowest BCUT2D eigenvalue weighted by Gasteiger charge is -2.14. The number of hydrogen-bond acceptors (Lipinski definition) is 2. The Hall–Kier alpha value is -1.53. The van der Waals surface area contributed by atoms with E-state index in [-0.39, 0.29) is 24.3 Å². The molecule has 0 aliphatic rings. The van der Waals surface area contributed by atoms with E-state index in [0.717, 1.165) is 10.5 Å². The van der Waals surface area contributed by atoms with Crippen molar-refractivity contribution in [3.05, 3.63) is 58.1 Å². The highest BCUT2D eigenvalue weighted by Gasteiger charge is 2.33. The van der Waals surface area contributed by atoms with Crippen LogP contribution < -0.4 is 10.5 Å². The molecule has 2 aromatic rings. The molecule has 0 radical (unpaired) electrons. The number of nitrogens with two attached hydrogens (primary N) is 1. The molecule has 0 unspecified atom stereocenters. The molecule has 0 aliphatic carbocycles. The largest absolute Gasteiger partial charge is 0.457 e. The van der Waals surface area contributed by atoms with Gasteiger partial charge >= 0.3 is 6.18 Å². The minimum atomic E-state index is -4.43. The van der Waals surface area contributed by atoms with Crippen molar-refractivity contribution in [2.75, 3.05) is 6.54 Å². The van der Waals surface area contributed by atoms with Crippen LogP contribution in [0.4, 0.5) is 13.2 Å². The first-order valence-corrected chi connectivity index (χ1v) is 7.03. The second-order valence-electron chi connectivity index (χ2n) is 4.41. The third kappa shape index (κ3) is 4.22. The Bertz CT molecular complexity index is 629. The van der Waals surface area contributed by atoms with Gasteiger partial charge in [-0.25, -0.2) is 0 Å². The smallest absolute Gasteiger partial charge is 0.416 e. The van der Waals surface area contributed by atoms with Gasteiger partial charge < -0.3 is 10.5 Å². The number of rotatable bonds is 4. The lowest BCUT2D eigenvalue weighted by Crippen LogP contribution is -2.12. The fourth-order valence-corrected chi connectivity index (χ4v) is 2.30. The van der Waals surface area contributed by atoms with Crippen LogP contribution in [0.3, 0.4) is 0 Å². The summed E-state index contributed by atoms with van der Waals surface area (Å²) in [5, 5.41) is 0. The quantitative estimate of drug-likeness (QED) is 0.853. The normalized spacial score (nSPS) is 11.5. The van der Waals surface area contributed by atoms with Gasteiger partial charge in [-0.2, -0.15) is 13.2 Å². The number of ether oxygens (including phenoxy) is 1. The molecule has 0 aromatic heterocycles. The van der Waals surface area contributed by atoms with E-state index in [1.54, 1.807) is 24.3 Å². The van der Waals surface area contributed by atoms with Gasteiger partial charge in [-0.3, -0.25) is 0 Å². The van der Waals surface area contributed by atoms with Gasteiger partial charge in [0.05, 0.1) is 5.56 Å². The molecule has 0 amide bonds. The van der Waals surface area contributed by atoms with Gasteiger partial charge in [0.1, 0.15) is 11.5 Å². The second-order valence-corrected chi connectivity index (χ2v) is 5.33. The Morgan fingerprint density at radius 3 is 2.38 bits per heavy atom. The predicted molar refractivity (Wildman–Crippen MR) is 78.4 cm³/mol. The standard InChI is InChI=1S/C15H13BrF3NO/c16-11-2-1-3-12(8-11)21-13-5-4-10(6-7-20)14(9-13)15(17,18)19/h1-5,8-9H,6-7,20H2. The molecule has 2 rings (SSSR count). The first kappa shape index (κ1) is 15.9. The lowest BCUT2D eigenvalue weighted by molar-refractivity contribution is -0.138. The molecule has 2 aromatic carbocycles. The summed E-state index contributed by atoms with van der Waals surface area (Å²) in [7, 11) is 0. The third-order valence-corrected chi connectivity index (χ3v) is 3.33. The first-order valence-electron chi connectivity index (χ1n) is 6.24. The molecule has 2 N–H and O–H groups in total. The molecule has 0 saturated carbocycles. The average molecular weight is 360 g/mol. The number of benzene rings is 2. The summed E-state index contributed by atoms with van der Waals surface area (Å²) in [6, 6.07) is 10.8. The number of hydrogen-bond donors (Lipinski definition) is 1. The molecule has 0 aliphatic heterocycles. The van der Waals surface area contributed by atoms with Crippen molar-refractivity contribution < 1.29 is 17.9 Å². The summed E-state index contributed by atoms with van der Waals surface area (Å²) >= 11 is 3.28. The zero-order valence-electron chi connectivity index (χ0n) is 11.0. The number of halogens is 4. The molecule has 0 saturated heterocycles. The van der Waals surface area contributed by atoms with Crippen molar-refractivity contribution in [3.8, 4) is 11.5 Å². The summed E-state index contributed by atoms with van der Waals surface area (Å²) in [5.74, 6) is 0.602. The van der Waals surface area contributed by atoms with E-state index in [0.29, 0.717) is 5.75 Å². The Morgan fingerprint density at radius 1 is 1.05 bits per heavy atom. The van der Waals surface area contributed by atoms with E-state index >= 15 is 0 Å². The highest BCUT2D eigenvalue weighted by molar-refractivity contribution is 9.10. The predicted octanol–water partition coefficient (Wildman–Crippen LogP) is 4.76. The lowest BCUT2D eigenvalue weighted by atomic mass is 10.0. The molecular weight excluding hydrogens is 347 g/mol. The van der Waals surface area contributed by atoms with E-state index in [2.05, 4.69) is 15.9 Å². The van der Waals surface area contributed by atoms with E-state index in [1.165, 1.54) is 12.1 Å². The van der Waals surface area contributed by atoms with Crippen LogP contribution in [0.25, 0.3) is 0 Å². The molecule has 112 valence electrons. The van der Waals surface area contributed by atoms with Crippen LogP contribution in [0.15, 0.2) is 46.9 Å². The van der Waals surface area contributed by atoms with Crippen molar-refractivity contribution in [1.29, 1.82) is 0 Å². The molecular formula is C15H13BrF3NO. The van der Waals surface area contributed by atoms with Crippen molar-refractivity contribution in [2.45, 2.75) is 12.6 Å². The minimum absolute atomic E-state index is 0.140. The second kappa shape index (κ2) is 6.49. The first-order chi connectivity index (χ1) is 9.90. The Kier molecular flexibility index (Phi) is 4.90. The van der Waals surface area contributed by atoms with Gasteiger partial charge in [0.2, 0.25) is 0 Å². The summed E-state index contributed by atoms with van der Waals surface area (Å²) in [5.41, 5.74) is 4.81. The van der Waals surface area contributed by atoms with Gasteiger partial charge in [-0.1, -0.05) is 28.1 Å². The Balaban J connectivity index is 2.33. The SMILES string of the molecule is NCCc1ccc(Oc2cccc(Br)c2)cc1C(F)(F)F. The van der Waals surface area contributed by atoms with Gasteiger partial charge in [0, 0.05) is 4.47 Å². The fourth-order valence-electron chi connectivity index (χ4n) is 1.92. The van der Waals surface area contributed by atoms with Crippen LogP contribution >= 0.6 is 15.9 Å². The van der Waals surface area contributed by atoms with E-state index in [1.807, 2.05) is 0 Å². The van der Waals surface area contributed by atoms with E-state index < -0.39 is 11.7 Å². The van der Waals surface area contributed by atoms with Crippen LogP contribution in [0.5, 0.6) is 11.5 Å². The molecule has 0 fully saturated rings. The monoisotopic (exact) mass is 359 g/mol. The third-order valence-electron chi connectivity index (χ3n) is 2.83. The molecule has 0 heterocycles. The van der Waals surface area contributed by atoms with Crippen molar-refractivity contribution in [3.63, 3.8) is 0 Å². The maximum absolute atomic E-state index is 13.1. The minimum Gasteiger partial charge on any atom is -0.457 e. The van der Waals surface area contributed by atoms with Gasteiger partial charge in [-0.05, 0) is 48.9 Å². The van der Waals surface area contributed by atoms with Gasteiger partial charge in [0.15, 0.2) is 0 Å². The zero-order valence-corrected chi connectivity index (χ0v) is 12.5. The highest BCUT2D eigenvalue weighted by atomic mass is 79.9. The summed E-state index contributed by atoms with van der Waals surface area (Å²) < 4.78 is 45.4. The summed E-state index contributed by atoms with van der Waals surface area (Å²) in [4.78, 5) is 0. The topological polar surface area (TPSA) is 35.2 Å². The number of alkyl halides is 3. The molecule has 2 nitrogen and oxygen atoms in total. The average Bonchev–Trinajstić information content (AvgIpc) is 2.39. The van der Waals surface area contributed by atoms with E-state index in [4.69, 9.17) is 10.5 Å². The molecule has 6 heteroatoms. The maximum Gasteiger partial charge on any atom is 0.416 e. The zero-order chi connectivity index (χ0) is 15.5. The van der Waals surface area contributed by atoms with Crippen LogP contribution in [-0.4, -0.2) is 6.54 Å². The van der Waals surface area contributed by atoms with Crippen molar-refractivity contribution in [1.82, 2.24) is 0 Å². The van der Waals surface area contributed by atoms with Gasteiger partial charge in [-0.15, -0.1) is 0 Å². The molecule has 0 spiro atoms. The van der Waals surface area contributed by atoms with Crippen LogP contribution in [0, 0.1) is 0 Å². The highest BCUT2D eigenvalue weighted by Crippen LogP contribution is 2.36. The van der Waals surface area contributed by atoms with Crippen LogP contribution in [-0.2, 0) is 12.6 Å². The molecule has 21 heavy (non-hydrogen) atoms. The summed E-state index contributed by atoms with van der Waals surface area (Å²) in [6.45, 7) is 0.162. The van der Waals surface area contributed by atoms with Crippen LogP contribution in [0.1, 0.15) is 11.1 Å².